The molecule has 0 saturated heterocycles. The Morgan fingerprint density at radius 2 is 2.07 bits per heavy atom. The SMILES string of the molecule is CNCC(=O)c1cc(F)c(Cl)cc1F. The van der Waals surface area contributed by atoms with Crippen molar-refractivity contribution in [1.29, 1.82) is 0 Å². The van der Waals surface area contributed by atoms with E-state index >= 15 is 0 Å². The minimum absolute atomic E-state index is 0.0437. The standard InChI is InChI=1S/C9H8ClF2NO/c1-13-4-9(14)5-2-8(12)6(10)3-7(5)11/h2-3,13H,4H2,1H3. The van der Waals surface area contributed by atoms with Crippen LogP contribution in [0.4, 0.5) is 8.78 Å². The van der Waals surface area contributed by atoms with Gasteiger partial charge in [0.1, 0.15) is 11.6 Å². The summed E-state index contributed by atoms with van der Waals surface area (Å²) in [4.78, 5) is 11.2. The predicted octanol–water partition coefficient (Wildman–Crippen LogP) is 2.02. The minimum Gasteiger partial charge on any atom is -0.313 e. The molecule has 0 saturated carbocycles. The van der Waals surface area contributed by atoms with Crippen LogP contribution in [0.1, 0.15) is 10.4 Å². The van der Waals surface area contributed by atoms with Gasteiger partial charge in [0.2, 0.25) is 0 Å². The Balaban J connectivity index is 3.09. The summed E-state index contributed by atoms with van der Waals surface area (Å²) in [6.07, 6.45) is 0. The lowest BCUT2D eigenvalue weighted by Gasteiger charge is -2.03. The molecule has 0 aromatic heterocycles. The number of carbonyl (C=O) groups is 1. The molecule has 14 heavy (non-hydrogen) atoms. The second-order valence-electron chi connectivity index (χ2n) is 2.70. The monoisotopic (exact) mass is 219 g/mol. The summed E-state index contributed by atoms with van der Waals surface area (Å²) in [5.41, 5.74) is -0.291. The fourth-order valence-electron chi connectivity index (χ4n) is 0.992. The molecule has 2 nitrogen and oxygen atoms in total. The van der Waals surface area contributed by atoms with Crippen LogP contribution in [0.5, 0.6) is 0 Å². The van der Waals surface area contributed by atoms with E-state index in [0.29, 0.717) is 0 Å². The van der Waals surface area contributed by atoms with Crippen LogP contribution >= 0.6 is 11.6 Å². The summed E-state index contributed by atoms with van der Waals surface area (Å²) in [7, 11) is 1.54. The first-order chi connectivity index (χ1) is 6.56. The van der Waals surface area contributed by atoms with E-state index in [1.807, 2.05) is 0 Å². The number of hydrogen-bond donors (Lipinski definition) is 1. The molecule has 0 bridgehead atoms. The van der Waals surface area contributed by atoms with Gasteiger partial charge in [-0.3, -0.25) is 4.79 Å². The molecular formula is C9H8ClF2NO. The average Bonchev–Trinajstić information content (AvgIpc) is 2.11. The molecule has 0 unspecified atom stereocenters. The topological polar surface area (TPSA) is 29.1 Å². The highest BCUT2D eigenvalue weighted by Crippen LogP contribution is 2.19. The van der Waals surface area contributed by atoms with Crippen LogP contribution < -0.4 is 5.32 Å². The molecular weight excluding hydrogens is 212 g/mol. The van der Waals surface area contributed by atoms with Crippen LogP contribution in [0.2, 0.25) is 5.02 Å². The highest BCUT2D eigenvalue weighted by atomic mass is 35.5. The van der Waals surface area contributed by atoms with Gasteiger partial charge in [0.15, 0.2) is 5.78 Å². The van der Waals surface area contributed by atoms with E-state index < -0.39 is 17.4 Å². The zero-order valence-electron chi connectivity index (χ0n) is 7.40. The third kappa shape index (κ3) is 2.27. The molecule has 0 aliphatic rings. The molecule has 0 spiro atoms. The van der Waals surface area contributed by atoms with Crippen molar-refractivity contribution >= 4 is 17.4 Å². The van der Waals surface area contributed by atoms with Crippen molar-refractivity contribution < 1.29 is 13.6 Å². The smallest absolute Gasteiger partial charge is 0.179 e. The van der Waals surface area contributed by atoms with Gasteiger partial charge in [-0.2, -0.15) is 0 Å². The second kappa shape index (κ2) is 4.48. The molecule has 5 heteroatoms. The Kier molecular flexibility index (Phi) is 3.55. The van der Waals surface area contributed by atoms with E-state index in [1.165, 1.54) is 0 Å². The van der Waals surface area contributed by atoms with E-state index in [0.717, 1.165) is 12.1 Å². The largest absolute Gasteiger partial charge is 0.313 e. The van der Waals surface area contributed by atoms with Gasteiger partial charge in [-0.25, -0.2) is 8.78 Å². The number of nitrogens with one attached hydrogen (secondary N) is 1. The van der Waals surface area contributed by atoms with Crippen LogP contribution in [0.25, 0.3) is 0 Å². The Bertz CT molecular complexity index is 368. The van der Waals surface area contributed by atoms with Crippen molar-refractivity contribution in [3.8, 4) is 0 Å². The number of halogens is 3. The first-order valence-corrected chi connectivity index (χ1v) is 4.26. The summed E-state index contributed by atoms with van der Waals surface area (Å²) in [5, 5.41) is 2.23. The highest BCUT2D eigenvalue weighted by Gasteiger charge is 2.14. The maximum Gasteiger partial charge on any atom is 0.179 e. The molecule has 76 valence electrons. The third-order valence-corrected chi connectivity index (χ3v) is 1.94. The van der Waals surface area contributed by atoms with Crippen molar-refractivity contribution in [3.63, 3.8) is 0 Å². The number of Topliss-reactive ketones (excluding diaryl/α,β-unsaturated/α-hetero) is 1. The molecule has 1 aromatic rings. The second-order valence-corrected chi connectivity index (χ2v) is 3.11. The van der Waals surface area contributed by atoms with E-state index in [2.05, 4.69) is 5.32 Å². The third-order valence-electron chi connectivity index (χ3n) is 1.65. The van der Waals surface area contributed by atoms with E-state index in [9.17, 15) is 13.6 Å². The van der Waals surface area contributed by atoms with Crippen LogP contribution in [-0.2, 0) is 0 Å². The predicted molar refractivity (Wildman–Crippen MR) is 49.6 cm³/mol. The zero-order valence-corrected chi connectivity index (χ0v) is 8.16. The molecule has 0 amide bonds. The molecule has 1 rings (SSSR count). The molecule has 0 heterocycles. The normalized spacial score (nSPS) is 10.3. The molecule has 0 atom stereocenters. The van der Waals surface area contributed by atoms with Crippen LogP contribution in [0.3, 0.4) is 0 Å². The van der Waals surface area contributed by atoms with Gasteiger partial charge in [-0.05, 0) is 19.2 Å². The summed E-state index contributed by atoms with van der Waals surface area (Å²) >= 11 is 5.33. The van der Waals surface area contributed by atoms with Crippen LogP contribution in [0, 0.1) is 11.6 Å². The Labute approximate surface area is 84.9 Å². The van der Waals surface area contributed by atoms with Crippen molar-refractivity contribution in [2.45, 2.75) is 0 Å². The lowest BCUT2D eigenvalue weighted by atomic mass is 10.1. The molecule has 0 aliphatic carbocycles. The van der Waals surface area contributed by atoms with Crippen molar-refractivity contribution in [1.82, 2.24) is 5.32 Å². The summed E-state index contributed by atoms with van der Waals surface area (Å²) < 4.78 is 26.0. The number of carbonyl (C=O) groups excluding carboxylic acids is 1. The summed E-state index contributed by atoms with van der Waals surface area (Å²) in [6, 6.07) is 1.59. The lowest BCUT2D eigenvalue weighted by Crippen LogP contribution is -2.19. The van der Waals surface area contributed by atoms with E-state index in [-0.39, 0.29) is 17.1 Å². The van der Waals surface area contributed by atoms with Gasteiger partial charge in [-0.15, -0.1) is 0 Å². The van der Waals surface area contributed by atoms with Crippen molar-refractivity contribution in [2.24, 2.45) is 0 Å². The Morgan fingerprint density at radius 1 is 1.43 bits per heavy atom. The van der Waals surface area contributed by atoms with Gasteiger partial charge in [0, 0.05) is 0 Å². The van der Waals surface area contributed by atoms with Gasteiger partial charge in [0.05, 0.1) is 17.1 Å². The average molecular weight is 220 g/mol. The number of rotatable bonds is 3. The van der Waals surface area contributed by atoms with E-state index in [1.54, 1.807) is 7.05 Å². The van der Waals surface area contributed by atoms with Crippen molar-refractivity contribution in [2.75, 3.05) is 13.6 Å². The summed E-state index contributed by atoms with van der Waals surface area (Å²) in [5.74, 6) is -2.12. The quantitative estimate of drug-likeness (QED) is 0.623. The number of benzene rings is 1. The van der Waals surface area contributed by atoms with E-state index in [4.69, 9.17) is 11.6 Å². The first-order valence-electron chi connectivity index (χ1n) is 3.88. The van der Waals surface area contributed by atoms with Crippen LogP contribution in [0.15, 0.2) is 12.1 Å². The van der Waals surface area contributed by atoms with Gasteiger partial charge < -0.3 is 5.32 Å². The Hall–Kier alpha value is -1.00. The number of likely N-dealkylation sites (N-methyl/N-ethyl adjacent to an activating group) is 1. The van der Waals surface area contributed by atoms with Gasteiger partial charge in [0.25, 0.3) is 0 Å². The lowest BCUT2D eigenvalue weighted by molar-refractivity contribution is 0.0989. The fourth-order valence-corrected chi connectivity index (χ4v) is 1.14. The molecule has 1 N–H and O–H groups in total. The molecule has 0 fully saturated rings. The first kappa shape index (κ1) is 11.1. The zero-order chi connectivity index (χ0) is 10.7. The Morgan fingerprint density at radius 3 is 2.64 bits per heavy atom. The minimum atomic E-state index is -0.809. The fraction of sp³-hybridized carbons (Fsp3) is 0.222. The van der Waals surface area contributed by atoms with Gasteiger partial charge >= 0.3 is 0 Å². The maximum absolute atomic E-state index is 13.1. The summed E-state index contributed by atoms with van der Waals surface area (Å²) in [6.45, 7) is -0.0437. The molecule has 0 radical (unpaired) electrons. The van der Waals surface area contributed by atoms with Gasteiger partial charge in [-0.1, -0.05) is 11.6 Å². The maximum atomic E-state index is 13.1. The molecule has 0 aliphatic heterocycles. The van der Waals surface area contributed by atoms with Crippen molar-refractivity contribution in [3.05, 3.63) is 34.4 Å². The number of hydrogen-bond acceptors (Lipinski definition) is 2. The number of ketones is 1. The highest BCUT2D eigenvalue weighted by molar-refractivity contribution is 6.30. The molecule has 1 aromatic carbocycles. The van der Waals surface area contributed by atoms with Crippen LogP contribution in [-0.4, -0.2) is 19.4 Å².